The Bertz CT molecular complexity index is 1890. The third kappa shape index (κ3) is 4.60. The number of methoxy groups -OCH3 is 1. The van der Waals surface area contributed by atoms with Gasteiger partial charge in [-0.25, -0.2) is 13.6 Å². The second-order valence-corrected chi connectivity index (χ2v) is 15.4. The van der Waals surface area contributed by atoms with Gasteiger partial charge in [0.2, 0.25) is 0 Å². The van der Waals surface area contributed by atoms with E-state index in [9.17, 15) is 9.32 Å². The number of hydrogen-bond acceptors (Lipinski definition) is 8. The highest BCUT2D eigenvalue weighted by atomic mass is 32.2. The number of aromatic nitrogens is 2. The van der Waals surface area contributed by atoms with Crippen molar-refractivity contribution in [1.29, 1.82) is 0 Å². The van der Waals surface area contributed by atoms with Crippen molar-refractivity contribution < 1.29 is 27.9 Å². The van der Waals surface area contributed by atoms with Gasteiger partial charge in [-0.1, -0.05) is 18.2 Å². The van der Waals surface area contributed by atoms with Crippen LogP contribution in [0.3, 0.4) is 0 Å². The molecule has 3 aliphatic heterocycles. The fourth-order valence-corrected chi connectivity index (χ4v) is 9.36. The fraction of sp³-hybridized carbons (Fsp3) is 0.424. The monoisotopic (exact) mass is 618 g/mol. The van der Waals surface area contributed by atoms with E-state index in [0.29, 0.717) is 46.3 Å². The van der Waals surface area contributed by atoms with Gasteiger partial charge in [-0.15, -0.1) is 0 Å². The minimum atomic E-state index is -2.13. The predicted molar refractivity (Wildman–Crippen MR) is 166 cm³/mol. The lowest BCUT2D eigenvalue weighted by atomic mass is 9.91. The number of pyridine rings is 1. The number of fused-ring (bicyclic) bond motifs is 3. The summed E-state index contributed by atoms with van der Waals surface area (Å²) in [6, 6.07) is 16.4. The summed E-state index contributed by atoms with van der Waals surface area (Å²) in [5.41, 5.74) is 3.35. The van der Waals surface area contributed by atoms with Gasteiger partial charge in [0, 0.05) is 35.7 Å². The Balaban J connectivity index is 1.03. The van der Waals surface area contributed by atoms with E-state index in [1.54, 1.807) is 20.1 Å². The molecule has 1 aliphatic carbocycles. The van der Waals surface area contributed by atoms with Gasteiger partial charge in [-0.05, 0) is 61.6 Å². The van der Waals surface area contributed by atoms with Gasteiger partial charge in [0.1, 0.15) is 23.1 Å². The summed E-state index contributed by atoms with van der Waals surface area (Å²) >= 11 is 0. The normalized spacial score (nSPS) is 30.1. The molecule has 5 atom stereocenters. The molecule has 3 N–H and O–H groups in total. The molecule has 8 rings (SSSR count). The minimum Gasteiger partial charge on any atom is -0.496 e. The summed E-state index contributed by atoms with van der Waals surface area (Å²) in [4.78, 5) is 7.82. The molecule has 2 unspecified atom stereocenters. The summed E-state index contributed by atoms with van der Waals surface area (Å²) in [5, 5.41) is 14.0. The van der Waals surface area contributed by atoms with Gasteiger partial charge in [-0.2, -0.15) is 4.36 Å². The number of rotatable bonds is 6. The van der Waals surface area contributed by atoms with Crippen LogP contribution in [0.25, 0.3) is 33.4 Å². The van der Waals surface area contributed by atoms with E-state index in [-0.39, 0.29) is 29.4 Å². The van der Waals surface area contributed by atoms with Crippen LogP contribution in [0.5, 0.6) is 11.6 Å². The van der Waals surface area contributed by atoms with Crippen molar-refractivity contribution >= 4 is 26.4 Å². The van der Waals surface area contributed by atoms with Crippen molar-refractivity contribution in [2.75, 3.05) is 31.8 Å². The molecule has 3 saturated heterocycles. The molecule has 4 fully saturated rings. The second kappa shape index (κ2) is 10.00. The second-order valence-electron chi connectivity index (χ2n) is 12.8. The van der Waals surface area contributed by atoms with E-state index >= 15 is 4.39 Å². The summed E-state index contributed by atoms with van der Waals surface area (Å²) in [7, 11) is -0.570. The number of aliphatic hydroxyl groups is 1. The third-order valence-electron chi connectivity index (χ3n) is 9.70. The molecule has 1 spiro atoms. The maximum Gasteiger partial charge on any atom is 0.193 e. The topological polar surface area (TPSA) is 118 Å². The zero-order valence-corrected chi connectivity index (χ0v) is 25.5. The molecular formula is C33H35FN4O5S. The van der Waals surface area contributed by atoms with Gasteiger partial charge >= 0.3 is 0 Å². The Labute approximate surface area is 255 Å². The molecule has 0 bridgehead atoms. The number of H-pyrrole nitrogens is 1. The summed E-state index contributed by atoms with van der Waals surface area (Å²) in [5.74, 6) is 1.88. The largest absolute Gasteiger partial charge is 0.496 e. The van der Waals surface area contributed by atoms with Crippen LogP contribution in [0.2, 0.25) is 0 Å². The third-order valence-corrected chi connectivity index (χ3v) is 12.1. The maximum absolute atomic E-state index is 15.5. The van der Waals surface area contributed by atoms with Crippen LogP contribution in [-0.4, -0.2) is 74.9 Å². The number of hydrogen-bond donors (Lipinski definition) is 3. The van der Waals surface area contributed by atoms with Crippen molar-refractivity contribution in [3.05, 3.63) is 60.4 Å². The van der Waals surface area contributed by atoms with Crippen LogP contribution >= 0.6 is 0 Å². The molecule has 5 heterocycles. The first-order valence-electron chi connectivity index (χ1n) is 15.1. The SMILES string of the molecule is COc1cc(-c2ccc(N=S3(=O)CCCC3)cc2)ccc1-c1nc2cc(OC3CC34CN[C@H]3[C@@H]4OC[C@@]3(C)O)[nH]c2cc1F. The molecule has 11 heteroatoms. The molecule has 4 aromatic rings. The Kier molecular flexibility index (Phi) is 6.36. The standard InChI is InChI=1S/C33H35FN4O5S/c1-32(39)18-42-31-30(32)35-17-33(31)16-27(33)43-28-15-25-24(36-28)14-23(34)29(37-25)22-10-7-20(13-26(22)41-2)19-5-8-21(9-6-19)38-44(40)11-3-4-12-44/h5-10,13-15,27,30-31,35-36,39H,3-4,11-12,16-18H2,1-2H3/t27?,30-,31-,32+,33?/m0/s1. The van der Waals surface area contributed by atoms with Gasteiger partial charge in [0.15, 0.2) is 11.7 Å². The first-order valence-corrected chi connectivity index (χ1v) is 17.0. The van der Waals surface area contributed by atoms with Crippen LogP contribution in [0.1, 0.15) is 26.2 Å². The first-order chi connectivity index (χ1) is 21.2. The molecule has 1 saturated carbocycles. The van der Waals surface area contributed by atoms with E-state index in [2.05, 4.69) is 19.6 Å². The Hall–Kier alpha value is -3.51. The number of ether oxygens (including phenoxy) is 3. The zero-order chi connectivity index (χ0) is 30.3. The number of nitrogens with zero attached hydrogens (tertiary/aromatic N) is 2. The average molecular weight is 619 g/mol. The molecular weight excluding hydrogens is 583 g/mol. The number of halogens is 1. The highest BCUT2D eigenvalue weighted by Crippen LogP contribution is 2.58. The summed E-state index contributed by atoms with van der Waals surface area (Å²) < 4.78 is 50.8. The smallest absolute Gasteiger partial charge is 0.193 e. The Morgan fingerprint density at radius 2 is 1.89 bits per heavy atom. The number of benzene rings is 2. The van der Waals surface area contributed by atoms with E-state index < -0.39 is 21.1 Å². The lowest BCUT2D eigenvalue weighted by molar-refractivity contribution is 0.0107. The van der Waals surface area contributed by atoms with Crippen LogP contribution in [0.15, 0.2) is 59.0 Å². The van der Waals surface area contributed by atoms with Crippen LogP contribution in [0, 0.1) is 11.2 Å². The molecule has 44 heavy (non-hydrogen) atoms. The Morgan fingerprint density at radius 3 is 2.66 bits per heavy atom. The van der Waals surface area contributed by atoms with E-state index in [0.717, 1.165) is 42.6 Å². The zero-order valence-electron chi connectivity index (χ0n) is 24.6. The quantitative estimate of drug-likeness (QED) is 0.272. The molecule has 2 aromatic carbocycles. The van der Waals surface area contributed by atoms with E-state index in [1.165, 1.54) is 6.07 Å². The minimum absolute atomic E-state index is 0.0722. The number of nitrogens with one attached hydrogen (secondary N) is 2. The van der Waals surface area contributed by atoms with Crippen molar-refractivity contribution in [2.45, 2.75) is 50.0 Å². The van der Waals surface area contributed by atoms with Crippen molar-refractivity contribution in [3.8, 4) is 34.0 Å². The fourth-order valence-electron chi connectivity index (χ4n) is 7.16. The lowest BCUT2D eigenvalue weighted by Gasteiger charge is -2.22. The molecule has 0 amide bonds. The highest BCUT2D eigenvalue weighted by molar-refractivity contribution is 7.93. The average Bonchev–Trinajstić information content (AvgIpc) is 3.41. The van der Waals surface area contributed by atoms with Crippen molar-refractivity contribution in [3.63, 3.8) is 0 Å². The molecule has 2 aromatic heterocycles. The van der Waals surface area contributed by atoms with Crippen molar-refractivity contribution in [1.82, 2.24) is 15.3 Å². The van der Waals surface area contributed by atoms with Crippen LogP contribution < -0.4 is 14.8 Å². The van der Waals surface area contributed by atoms with Gasteiger partial charge in [0.05, 0.1) is 57.7 Å². The summed E-state index contributed by atoms with van der Waals surface area (Å²) in [6.45, 7) is 2.83. The van der Waals surface area contributed by atoms with E-state index in [1.807, 2.05) is 42.5 Å². The first kappa shape index (κ1) is 28.0. The molecule has 0 radical (unpaired) electrons. The van der Waals surface area contributed by atoms with E-state index in [4.69, 9.17) is 14.2 Å². The van der Waals surface area contributed by atoms with Gasteiger partial charge in [-0.3, -0.25) is 0 Å². The van der Waals surface area contributed by atoms with Crippen LogP contribution in [-0.2, 0) is 14.5 Å². The van der Waals surface area contributed by atoms with Crippen molar-refractivity contribution in [2.24, 2.45) is 9.78 Å². The predicted octanol–water partition coefficient (Wildman–Crippen LogP) is 5.20. The van der Waals surface area contributed by atoms with Crippen LogP contribution in [0.4, 0.5) is 10.1 Å². The Morgan fingerprint density at radius 1 is 1.11 bits per heavy atom. The lowest BCUT2D eigenvalue weighted by Crippen LogP contribution is -2.46. The maximum atomic E-state index is 15.5. The highest BCUT2D eigenvalue weighted by Gasteiger charge is 2.71. The summed E-state index contributed by atoms with van der Waals surface area (Å²) in [6.07, 6.45) is 2.59. The molecule has 4 aliphatic rings. The molecule has 9 nitrogen and oxygen atoms in total. The van der Waals surface area contributed by atoms with Gasteiger partial charge in [0.25, 0.3) is 0 Å². The van der Waals surface area contributed by atoms with Gasteiger partial charge < -0.3 is 29.6 Å². The number of aromatic amines is 1. The molecule has 230 valence electrons.